The molecule has 148 valence electrons. The van der Waals surface area contributed by atoms with Crippen molar-refractivity contribution in [2.45, 2.75) is 0 Å². The predicted molar refractivity (Wildman–Crippen MR) is 118 cm³/mol. The van der Waals surface area contributed by atoms with E-state index in [0.717, 1.165) is 49.9 Å². The number of nitrogens with zero attached hydrogens (tertiary/aromatic N) is 4. The molecule has 6 nitrogen and oxygen atoms in total. The normalized spacial score (nSPS) is 11.4. The van der Waals surface area contributed by atoms with Crippen LogP contribution in [0.3, 0.4) is 0 Å². The highest BCUT2D eigenvalue weighted by molar-refractivity contribution is 6.00. The Balaban J connectivity index is 1.51. The SMILES string of the molecule is Fc1ccc(-c2cncc3[nH]c(-c4n[nH]c5ncc(-c6cccnc6)cc45)cc23)cc1. The van der Waals surface area contributed by atoms with Crippen molar-refractivity contribution in [3.63, 3.8) is 0 Å². The van der Waals surface area contributed by atoms with Gasteiger partial charge in [0, 0.05) is 52.3 Å². The number of hydrogen-bond acceptors (Lipinski definition) is 4. The molecule has 0 unspecified atom stereocenters. The molecule has 2 N–H and O–H groups in total. The molecule has 0 saturated heterocycles. The maximum Gasteiger partial charge on any atom is 0.155 e. The lowest BCUT2D eigenvalue weighted by Gasteiger charge is -2.02. The summed E-state index contributed by atoms with van der Waals surface area (Å²) < 4.78 is 13.4. The van der Waals surface area contributed by atoms with Crippen LogP contribution in [0.15, 0.2) is 79.5 Å². The topological polar surface area (TPSA) is 83.1 Å². The molecule has 6 rings (SSSR count). The average molecular weight is 406 g/mol. The summed E-state index contributed by atoms with van der Waals surface area (Å²) in [6.45, 7) is 0. The van der Waals surface area contributed by atoms with Crippen molar-refractivity contribution in [3.8, 4) is 33.6 Å². The van der Waals surface area contributed by atoms with Gasteiger partial charge in [0.1, 0.15) is 11.5 Å². The maximum absolute atomic E-state index is 13.4. The average Bonchev–Trinajstić information content (AvgIpc) is 3.43. The van der Waals surface area contributed by atoms with E-state index in [4.69, 9.17) is 0 Å². The molecule has 0 bridgehead atoms. The van der Waals surface area contributed by atoms with Crippen LogP contribution < -0.4 is 0 Å². The number of aromatic nitrogens is 6. The smallest absolute Gasteiger partial charge is 0.155 e. The summed E-state index contributed by atoms with van der Waals surface area (Å²) in [4.78, 5) is 16.5. The maximum atomic E-state index is 13.4. The first-order valence-electron chi connectivity index (χ1n) is 9.74. The molecule has 5 heterocycles. The van der Waals surface area contributed by atoms with Gasteiger partial charge in [0.25, 0.3) is 0 Å². The summed E-state index contributed by atoms with van der Waals surface area (Å²) in [5.74, 6) is -0.265. The van der Waals surface area contributed by atoms with Crippen LogP contribution in [-0.2, 0) is 0 Å². The summed E-state index contributed by atoms with van der Waals surface area (Å²) in [7, 11) is 0. The van der Waals surface area contributed by atoms with Gasteiger partial charge in [-0.15, -0.1) is 0 Å². The number of fused-ring (bicyclic) bond motifs is 2. The van der Waals surface area contributed by atoms with Gasteiger partial charge in [-0.25, -0.2) is 9.37 Å². The van der Waals surface area contributed by atoms with E-state index in [2.05, 4.69) is 36.2 Å². The standard InChI is InChI=1S/C24H15FN6/c25-17-5-3-14(4-6-17)20-12-27-13-22-18(20)9-21(29-22)23-19-8-16(11-28-24(19)31-30-23)15-2-1-7-26-10-15/h1-13,29H,(H,28,30,31). The molecule has 0 aliphatic rings. The number of rotatable bonds is 3. The minimum Gasteiger partial charge on any atom is -0.352 e. The molecule has 5 aromatic heterocycles. The van der Waals surface area contributed by atoms with Gasteiger partial charge in [-0.2, -0.15) is 5.10 Å². The van der Waals surface area contributed by atoms with E-state index in [9.17, 15) is 4.39 Å². The molecular weight excluding hydrogens is 391 g/mol. The summed E-state index contributed by atoms with van der Waals surface area (Å²) in [5, 5.41) is 9.41. The van der Waals surface area contributed by atoms with Crippen molar-refractivity contribution in [3.05, 3.63) is 85.3 Å². The Kier molecular flexibility index (Phi) is 3.86. The van der Waals surface area contributed by atoms with Crippen molar-refractivity contribution in [1.29, 1.82) is 0 Å². The van der Waals surface area contributed by atoms with Gasteiger partial charge in [-0.1, -0.05) is 18.2 Å². The van der Waals surface area contributed by atoms with Gasteiger partial charge in [0.15, 0.2) is 5.65 Å². The molecule has 31 heavy (non-hydrogen) atoms. The van der Waals surface area contributed by atoms with Crippen molar-refractivity contribution in [2.75, 3.05) is 0 Å². The number of benzene rings is 1. The van der Waals surface area contributed by atoms with Crippen molar-refractivity contribution in [2.24, 2.45) is 0 Å². The molecule has 0 spiro atoms. The van der Waals surface area contributed by atoms with Crippen LogP contribution in [0.4, 0.5) is 4.39 Å². The fraction of sp³-hybridized carbons (Fsp3) is 0. The molecule has 1 aromatic carbocycles. The Labute approximate surface area is 175 Å². The number of nitrogens with one attached hydrogen (secondary N) is 2. The number of halogens is 1. The Morgan fingerprint density at radius 1 is 0.774 bits per heavy atom. The van der Waals surface area contributed by atoms with E-state index in [0.29, 0.717) is 5.65 Å². The van der Waals surface area contributed by atoms with E-state index < -0.39 is 0 Å². The van der Waals surface area contributed by atoms with E-state index in [-0.39, 0.29) is 5.82 Å². The Morgan fingerprint density at radius 3 is 2.52 bits per heavy atom. The van der Waals surface area contributed by atoms with Crippen LogP contribution >= 0.6 is 0 Å². The number of hydrogen-bond donors (Lipinski definition) is 2. The molecule has 0 aliphatic carbocycles. The zero-order chi connectivity index (χ0) is 20.8. The highest BCUT2D eigenvalue weighted by Crippen LogP contribution is 2.34. The summed E-state index contributed by atoms with van der Waals surface area (Å²) >= 11 is 0. The van der Waals surface area contributed by atoms with Crippen LogP contribution in [-0.4, -0.2) is 30.1 Å². The van der Waals surface area contributed by atoms with Gasteiger partial charge < -0.3 is 4.98 Å². The monoisotopic (exact) mass is 406 g/mol. The molecule has 0 atom stereocenters. The second kappa shape index (κ2) is 6.84. The third-order valence-corrected chi connectivity index (χ3v) is 5.37. The Morgan fingerprint density at radius 2 is 1.68 bits per heavy atom. The van der Waals surface area contributed by atoms with Gasteiger partial charge in [-0.05, 0) is 35.9 Å². The lowest BCUT2D eigenvalue weighted by molar-refractivity contribution is 0.628. The van der Waals surface area contributed by atoms with Gasteiger partial charge in [-0.3, -0.25) is 15.1 Å². The lowest BCUT2D eigenvalue weighted by Crippen LogP contribution is -1.83. The summed E-state index contributed by atoms with van der Waals surface area (Å²) in [5.41, 5.74) is 6.99. The molecular formula is C24H15FN6. The largest absolute Gasteiger partial charge is 0.352 e. The lowest BCUT2D eigenvalue weighted by atomic mass is 10.0. The van der Waals surface area contributed by atoms with Gasteiger partial charge in [0.2, 0.25) is 0 Å². The fourth-order valence-corrected chi connectivity index (χ4v) is 3.84. The van der Waals surface area contributed by atoms with Gasteiger partial charge in [0.05, 0.1) is 17.4 Å². The van der Waals surface area contributed by atoms with Crippen molar-refractivity contribution >= 4 is 21.9 Å². The molecule has 0 amide bonds. The molecule has 6 aromatic rings. The molecule has 0 saturated carbocycles. The Hall–Kier alpha value is -4.39. The number of aromatic amines is 2. The van der Waals surface area contributed by atoms with Crippen LogP contribution in [0.25, 0.3) is 55.6 Å². The third-order valence-electron chi connectivity index (χ3n) is 5.37. The van der Waals surface area contributed by atoms with E-state index in [1.807, 2.05) is 30.6 Å². The van der Waals surface area contributed by atoms with E-state index >= 15 is 0 Å². The zero-order valence-electron chi connectivity index (χ0n) is 16.2. The summed E-state index contributed by atoms with van der Waals surface area (Å²) in [6, 6.07) is 14.4. The minimum absolute atomic E-state index is 0.265. The quantitative estimate of drug-likeness (QED) is 0.414. The fourth-order valence-electron chi connectivity index (χ4n) is 3.84. The molecule has 7 heteroatoms. The van der Waals surface area contributed by atoms with Crippen LogP contribution in [0.5, 0.6) is 0 Å². The van der Waals surface area contributed by atoms with Crippen molar-refractivity contribution < 1.29 is 4.39 Å². The van der Waals surface area contributed by atoms with Crippen LogP contribution in [0.1, 0.15) is 0 Å². The molecule has 0 fully saturated rings. The first-order valence-corrected chi connectivity index (χ1v) is 9.74. The zero-order valence-corrected chi connectivity index (χ0v) is 16.2. The Bertz CT molecular complexity index is 1530. The van der Waals surface area contributed by atoms with Gasteiger partial charge >= 0.3 is 0 Å². The first-order chi connectivity index (χ1) is 15.3. The van der Waals surface area contributed by atoms with Crippen LogP contribution in [0, 0.1) is 5.82 Å². The van der Waals surface area contributed by atoms with Crippen molar-refractivity contribution in [1.82, 2.24) is 30.1 Å². The first kappa shape index (κ1) is 17.5. The minimum atomic E-state index is -0.265. The predicted octanol–water partition coefficient (Wildman–Crippen LogP) is 5.37. The number of pyridine rings is 3. The third kappa shape index (κ3) is 2.95. The highest BCUT2D eigenvalue weighted by atomic mass is 19.1. The highest BCUT2D eigenvalue weighted by Gasteiger charge is 2.15. The molecule has 0 radical (unpaired) electrons. The second-order valence-electron chi connectivity index (χ2n) is 7.27. The number of H-pyrrole nitrogens is 2. The summed E-state index contributed by atoms with van der Waals surface area (Å²) in [6.07, 6.45) is 8.93. The molecule has 0 aliphatic heterocycles. The second-order valence-corrected chi connectivity index (χ2v) is 7.27. The van der Waals surface area contributed by atoms with E-state index in [1.165, 1.54) is 12.1 Å². The van der Waals surface area contributed by atoms with E-state index in [1.54, 1.807) is 30.7 Å². The van der Waals surface area contributed by atoms with Crippen LogP contribution in [0.2, 0.25) is 0 Å².